The molecule has 0 aliphatic rings. The zero-order valence-electron chi connectivity index (χ0n) is 14.1. The van der Waals surface area contributed by atoms with Crippen molar-refractivity contribution in [3.63, 3.8) is 0 Å². The third kappa shape index (κ3) is 10.4. The van der Waals surface area contributed by atoms with Crippen molar-refractivity contribution in [2.24, 2.45) is 0 Å². The number of hydrogen-bond acceptors (Lipinski definition) is 0. The van der Waals surface area contributed by atoms with Crippen LogP contribution < -0.4 is 0 Å². The summed E-state index contributed by atoms with van der Waals surface area (Å²) in [6.07, 6.45) is 12.5. The van der Waals surface area contributed by atoms with E-state index in [0.717, 1.165) is 0 Å². The molecule has 2 N–H and O–H groups in total. The van der Waals surface area contributed by atoms with E-state index < -0.39 is 0 Å². The maximum Gasteiger partial charge on any atom is 0.0786 e. The maximum atomic E-state index is 2.33. The highest BCUT2D eigenvalue weighted by molar-refractivity contribution is 4.50. The Bertz CT molecular complexity index is 149. The molecule has 0 aromatic rings. The molecule has 0 saturated heterocycles. The Balaban J connectivity index is 0. The van der Waals surface area contributed by atoms with Gasteiger partial charge in [-0.25, -0.2) is 0 Å². The first kappa shape index (κ1) is 21.2. The molecule has 0 aliphatic carbocycles. The second kappa shape index (κ2) is 14.3. The monoisotopic (exact) mass is 274 g/mol. The van der Waals surface area contributed by atoms with Crippen LogP contribution in [-0.2, 0) is 0 Å². The van der Waals surface area contributed by atoms with Crippen molar-refractivity contribution in [1.82, 2.24) is 0 Å². The number of hydrogen-bond donors (Lipinski definition) is 0. The molecule has 0 bridgehead atoms. The predicted octanol–water partition coefficient (Wildman–Crippen LogP) is 4.57. The van der Waals surface area contributed by atoms with Crippen molar-refractivity contribution in [2.45, 2.75) is 85.5 Å². The minimum Gasteiger partial charge on any atom is -0.412 e. The first-order valence-electron chi connectivity index (χ1n) is 8.59. The van der Waals surface area contributed by atoms with Gasteiger partial charge in [-0.3, -0.25) is 0 Å². The standard InChI is InChI=1S/C17H38N.H2O/c1-5-9-13-17-18(14-10-6-2,15-11-7-3)16-12-8-4;/h5-17H2,1-4H3;1H2/q+1;. The normalized spacial score (nSPS) is 11.4. The Morgan fingerprint density at radius 1 is 0.474 bits per heavy atom. The van der Waals surface area contributed by atoms with Gasteiger partial charge < -0.3 is 9.96 Å². The molecule has 0 spiro atoms. The summed E-state index contributed by atoms with van der Waals surface area (Å²) >= 11 is 0. The van der Waals surface area contributed by atoms with Crippen LogP contribution in [0.15, 0.2) is 0 Å². The van der Waals surface area contributed by atoms with E-state index in [9.17, 15) is 0 Å². The summed E-state index contributed by atoms with van der Waals surface area (Å²) in [4.78, 5) is 0. The molecule has 0 aromatic carbocycles. The van der Waals surface area contributed by atoms with Crippen LogP contribution in [0.3, 0.4) is 0 Å². The van der Waals surface area contributed by atoms with Crippen LogP contribution in [-0.4, -0.2) is 36.1 Å². The molecule has 0 aliphatic heterocycles. The third-order valence-electron chi connectivity index (χ3n) is 4.19. The molecule has 0 saturated carbocycles. The molecule has 0 radical (unpaired) electrons. The van der Waals surface area contributed by atoms with Gasteiger partial charge in [0.2, 0.25) is 0 Å². The fourth-order valence-electron chi connectivity index (χ4n) is 2.85. The maximum absolute atomic E-state index is 2.33. The second-order valence-electron chi connectivity index (χ2n) is 6.00. The summed E-state index contributed by atoms with van der Waals surface area (Å²) < 4.78 is 1.43. The van der Waals surface area contributed by atoms with Gasteiger partial charge in [-0.1, -0.05) is 53.4 Å². The molecule has 0 aromatic heterocycles. The predicted molar refractivity (Wildman–Crippen MR) is 87.6 cm³/mol. The average Bonchev–Trinajstić information content (AvgIpc) is 2.40. The lowest BCUT2D eigenvalue weighted by Gasteiger charge is -2.39. The van der Waals surface area contributed by atoms with Gasteiger partial charge in [0, 0.05) is 0 Å². The number of rotatable bonds is 13. The van der Waals surface area contributed by atoms with Crippen molar-refractivity contribution in [3.8, 4) is 0 Å². The van der Waals surface area contributed by atoms with E-state index in [1.165, 1.54) is 88.4 Å². The molecule has 19 heavy (non-hydrogen) atoms. The van der Waals surface area contributed by atoms with Gasteiger partial charge >= 0.3 is 0 Å². The zero-order valence-corrected chi connectivity index (χ0v) is 14.1. The lowest BCUT2D eigenvalue weighted by atomic mass is 10.1. The fourth-order valence-corrected chi connectivity index (χ4v) is 2.85. The van der Waals surface area contributed by atoms with E-state index in [1.807, 2.05) is 0 Å². The number of quaternary nitrogens is 1. The quantitative estimate of drug-likeness (QED) is 0.348. The zero-order chi connectivity index (χ0) is 13.7. The molecule has 0 heterocycles. The van der Waals surface area contributed by atoms with Crippen molar-refractivity contribution in [1.29, 1.82) is 0 Å². The molecule has 2 nitrogen and oxygen atoms in total. The SMILES string of the molecule is CCCCC[N+](CCCC)(CCCC)CCCC.O. The van der Waals surface area contributed by atoms with Gasteiger partial charge in [-0.2, -0.15) is 0 Å². The Labute approximate surface area is 122 Å². The van der Waals surface area contributed by atoms with Gasteiger partial charge in [-0.15, -0.1) is 0 Å². The third-order valence-corrected chi connectivity index (χ3v) is 4.19. The van der Waals surface area contributed by atoms with E-state index in [2.05, 4.69) is 27.7 Å². The molecule has 0 amide bonds. The van der Waals surface area contributed by atoms with Crippen LogP contribution >= 0.6 is 0 Å². The smallest absolute Gasteiger partial charge is 0.0786 e. The van der Waals surface area contributed by atoms with Crippen LogP contribution in [0.25, 0.3) is 0 Å². The molecule has 118 valence electrons. The lowest BCUT2D eigenvalue weighted by Crippen LogP contribution is -2.50. The fraction of sp³-hybridized carbons (Fsp3) is 1.00. The first-order chi connectivity index (χ1) is 8.74. The summed E-state index contributed by atoms with van der Waals surface area (Å²) in [7, 11) is 0. The highest BCUT2D eigenvalue weighted by Crippen LogP contribution is 2.16. The minimum absolute atomic E-state index is 0. The van der Waals surface area contributed by atoms with Crippen LogP contribution in [0, 0.1) is 0 Å². The first-order valence-corrected chi connectivity index (χ1v) is 8.59. The topological polar surface area (TPSA) is 31.5 Å². The molecule has 0 atom stereocenters. The van der Waals surface area contributed by atoms with E-state index in [4.69, 9.17) is 0 Å². The summed E-state index contributed by atoms with van der Waals surface area (Å²) in [5, 5.41) is 0. The van der Waals surface area contributed by atoms with Gasteiger partial charge in [0.15, 0.2) is 0 Å². The largest absolute Gasteiger partial charge is 0.412 e. The summed E-state index contributed by atoms with van der Waals surface area (Å²) in [6, 6.07) is 0. The van der Waals surface area contributed by atoms with Crippen molar-refractivity contribution in [2.75, 3.05) is 26.2 Å². The minimum atomic E-state index is 0. The number of unbranched alkanes of at least 4 members (excludes halogenated alkanes) is 5. The van der Waals surface area contributed by atoms with Gasteiger partial charge in [-0.05, 0) is 32.1 Å². The molecule has 0 rings (SSSR count). The van der Waals surface area contributed by atoms with E-state index >= 15 is 0 Å². The molecular formula is C17H40NO+. The van der Waals surface area contributed by atoms with Crippen molar-refractivity contribution < 1.29 is 9.96 Å². The molecule has 0 unspecified atom stereocenters. The highest BCUT2D eigenvalue weighted by atomic mass is 16.0. The Hall–Kier alpha value is -0.0800. The highest BCUT2D eigenvalue weighted by Gasteiger charge is 2.24. The Morgan fingerprint density at radius 3 is 1.11 bits per heavy atom. The Morgan fingerprint density at radius 2 is 0.789 bits per heavy atom. The van der Waals surface area contributed by atoms with Gasteiger partial charge in [0.1, 0.15) is 0 Å². The van der Waals surface area contributed by atoms with Crippen LogP contribution in [0.5, 0.6) is 0 Å². The molecule has 2 heteroatoms. The van der Waals surface area contributed by atoms with Crippen LogP contribution in [0.4, 0.5) is 0 Å². The molecule has 0 fully saturated rings. The van der Waals surface area contributed by atoms with Gasteiger partial charge in [0.05, 0.1) is 26.2 Å². The number of nitrogens with zero attached hydrogens (tertiary/aromatic N) is 1. The van der Waals surface area contributed by atoms with Crippen molar-refractivity contribution in [3.05, 3.63) is 0 Å². The van der Waals surface area contributed by atoms with E-state index in [1.54, 1.807) is 0 Å². The second-order valence-corrected chi connectivity index (χ2v) is 6.00. The summed E-state index contributed by atoms with van der Waals surface area (Å²) in [5.74, 6) is 0. The van der Waals surface area contributed by atoms with Gasteiger partial charge in [0.25, 0.3) is 0 Å². The molecular weight excluding hydrogens is 234 g/mol. The van der Waals surface area contributed by atoms with Crippen molar-refractivity contribution >= 4 is 0 Å². The summed E-state index contributed by atoms with van der Waals surface area (Å²) in [5.41, 5.74) is 0. The van der Waals surface area contributed by atoms with Crippen LogP contribution in [0.1, 0.15) is 85.5 Å². The summed E-state index contributed by atoms with van der Waals surface area (Å²) in [6.45, 7) is 15.0. The van der Waals surface area contributed by atoms with Crippen LogP contribution in [0.2, 0.25) is 0 Å². The lowest BCUT2D eigenvalue weighted by molar-refractivity contribution is -0.929. The Kier molecular flexibility index (Phi) is 16.0. The van der Waals surface area contributed by atoms with E-state index in [0.29, 0.717) is 0 Å². The van der Waals surface area contributed by atoms with E-state index in [-0.39, 0.29) is 5.48 Å². The average molecular weight is 275 g/mol.